The van der Waals surface area contributed by atoms with Crippen LogP contribution in [0.4, 0.5) is 5.69 Å². The summed E-state index contributed by atoms with van der Waals surface area (Å²) in [6, 6.07) is 6.21. The average Bonchev–Trinajstić information content (AvgIpc) is 2.42. The number of benzene rings is 1. The fourth-order valence-corrected chi connectivity index (χ4v) is 2.67. The van der Waals surface area contributed by atoms with E-state index in [1.807, 2.05) is 26.1 Å². The Morgan fingerprint density at radius 1 is 1.47 bits per heavy atom. The Balaban J connectivity index is 2.67. The fraction of sp³-hybridized carbons (Fsp3) is 0.417. The van der Waals surface area contributed by atoms with Gasteiger partial charge in [-0.2, -0.15) is 0 Å². The summed E-state index contributed by atoms with van der Waals surface area (Å²) in [6.45, 7) is 4.11. The Bertz CT molecular complexity index is 430. The SMILES string of the molecule is CCC1(C)C(=O)N(C)c2ccc(I)cc21. The van der Waals surface area contributed by atoms with E-state index in [1.165, 1.54) is 9.13 Å². The Morgan fingerprint density at radius 3 is 2.73 bits per heavy atom. The molecule has 0 radical (unpaired) electrons. The van der Waals surface area contributed by atoms with Gasteiger partial charge in [0.05, 0.1) is 5.41 Å². The molecule has 0 spiro atoms. The minimum absolute atomic E-state index is 0.210. The number of carbonyl (C=O) groups excluding carboxylic acids is 1. The largest absolute Gasteiger partial charge is 0.314 e. The molecule has 0 saturated carbocycles. The highest BCUT2D eigenvalue weighted by Crippen LogP contribution is 2.43. The molecule has 1 amide bonds. The zero-order valence-electron chi connectivity index (χ0n) is 9.17. The lowest BCUT2D eigenvalue weighted by Gasteiger charge is -2.20. The quantitative estimate of drug-likeness (QED) is 0.730. The second kappa shape index (κ2) is 3.47. The van der Waals surface area contributed by atoms with E-state index in [1.54, 1.807) is 4.90 Å². The molecule has 2 nitrogen and oxygen atoms in total. The van der Waals surface area contributed by atoms with Crippen LogP contribution in [0.5, 0.6) is 0 Å². The summed E-state index contributed by atoms with van der Waals surface area (Å²) in [4.78, 5) is 13.9. The van der Waals surface area contributed by atoms with Crippen molar-refractivity contribution < 1.29 is 4.79 Å². The summed E-state index contributed by atoms with van der Waals surface area (Å²) in [7, 11) is 1.86. The predicted octanol–water partition coefficient (Wildman–Crippen LogP) is 2.94. The first-order valence-corrected chi connectivity index (χ1v) is 6.16. The molecular weight excluding hydrogens is 301 g/mol. The van der Waals surface area contributed by atoms with Crippen LogP contribution in [0.2, 0.25) is 0 Å². The zero-order chi connectivity index (χ0) is 11.2. The summed E-state index contributed by atoms with van der Waals surface area (Å²) in [6.07, 6.45) is 0.850. The van der Waals surface area contributed by atoms with Crippen LogP contribution >= 0.6 is 22.6 Å². The van der Waals surface area contributed by atoms with Crippen molar-refractivity contribution >= 4 is 34.2 Å². The minimum Gasteiger partial charge on any atom is -0.314 e. The van der Waals surface area contributed by atoms with E-state index in [9.17, 15) is 4.79 Å². The second-order valence-corrected chi connectivity index (χ2v) is 5.46. The summed E-state index contributed by atoms with van der Waals surface area (Å²) < 4.78 is 1.19. The van der Waals surface area contributed by atoms with Gasteiger partial charge < -0.3 is 4.90 Å². The molecule has 0 aromatic heterocycles. The summed E-state index contributed by atoms with van der Waals surface area (Å²) in [5.74, 6) is 0.210. The molecule has 1 aromatic rings. The summed E-state index contributed by atoms with van der Waals surface area (Å²) in [5, 5.41) is 0. The van der Waals surface area contributed by atoms with Crippen molar-refractivity contribution in [3.8, 4) is 0 Å². The van der Waals surface area contributed by atoms with E-state index in [4.69, 9.17) is 0 Å². The van der Waals surface area contributed by atoms with Crippen molar-refractivity contribution in [1.82, 2.24) is 0 Å². The van der Waals surface area contributed by atoms with Gasteiger partial charge in [0.2, 0.25) is 5.91 Å². The summed E-state index contributed by atoms with van der Waals surface area (Å²) in [5.41, 5.74) is 1.90. The van der Waals surface area contributed by atoms with Crippen LogP contribution in [-0.2, 0) is 10.2 Å². The van der Waals surface area contributed by atoms with Crippen LogP contribution in [0.25, 0.3) is 0 Å². The van der Waals surface area contributed by atoms with Crippen LogP contribution in [-0.4, -0.2) is 13.0 Å². The molecule has 0 saturated heterocycles. The van der Waals surface area contributed by atoms with E-state index in [0.717, 1.165) is 12.1 Å². The van der Waals surface area contributed by atoms with Crippen molar-refractivity contribution in [3.05, 3.63) is 27.3 Å². The number of anilines is 1. The number of amides is 1. The molecule has 3 heteroatoms. The molecule has 1 aromatic carbocycles. The normalized spacial score (nSPS) is 24.5. The van der Waals surface area contributed by atoms with E-state index in [0.29, 0.717) is 0 Å². The molecule has 0 N–H and O–H groups in total. The highest BCUT2D eigenvalue weighted by Gasteiger charge is 2.44. The number of nitrogens with zero attached hydrogens (tertiary/aromatic N) is 1. The number of carbonyl (C=O) groups is 1. The maximum absolute atomic E-state index is 12.1. The van der Waals surface area contributed by atoms with Gasteiger partial charge in [0.15, 0.2) is 0 Å². The third-order valence-electron chi connectivity index (χ3n) is 3.40. The van der Waals surface area contributed by atoms with E-state index in [2.05, 4.69) is 35.6 Å². The van der Waals surface area contributed by atoms with Crippen LogP contribution in [0.3, 0.4) is 0 Å². The van der Waals surface area contributed by atoms with Crippen molar-refractivity contribution in [2.45, 2.75) is 25.7 Å². The maximum Gasteiger partial charge on any atom is 0.237 e. The van der Waals surface area contributed by atoms with Crippen molar-refractivity contribution in [1.29, 1.82) is 0 Å². The highest BCUT2D eigenvalue weighted by molar-refractivity contribution is 14.1. The molecule has 1 heterocycles. The maximum atomic E-state index is 12.1. The molecule has 15 heavy (non-hydrogen) atoms. The van der Waals surface area contributed by atoms with Gasteiger partial charge in [0, 0.05) is 16.3 Å². The van der Waals surface area contributed by atoms with Crippen molar-refractivity contribution in [2.24, 2.45) is 0 Å². The van der Waals surface area contributed by atoms with Crippen molar-refractivity contribution in [2.75, 3.05) is 11.9 Å². The lowest BCUT2D eigenvalue weighted by Crippen LogP contribution is -2.35. The number of fused-ring (bicyclic) bond motifs is 1. The van der Waals surface area contributed by atoms with E-state index in [-0.39, 0.29) is 11.3 Å². The molecule has 0 aliphatic carbocycles. The number of likely N-dealkylation sites (N-methyl/N-ethyl adjacent to an activating group) is 1. The molecular formula is C12H14INO. The molecule has 1 unspecified atom stereocenters. The number of halogens is 1. The Hall–Kier alpha value is -0.580. The van der Waals surface area contributed by atoms with Gasteiger partial charge in [-0.05, 0) is 59.7 Å². The number of hydrogen-bond acceptors (Lipinski definition) is 1. The smallest absolute Gasteiger partial charge is 0.237 e. The monoisotopic (exact) mass is 315 g/mol. The van der Waals surface area contributed by atoms with Gasteiger partial charge in [0.25, 0.3) is 0 Å². The lowest BCUT2D eigenvalue weighted by atomic mass is 9.81. The Morgan fingerprint density at radius 2 is 2.13 bits per heavy atom. The molecule has 1 atom stereocenters. The third-order valence-corrected chi connectivity index (χ3v) is 4.07. The van der Waals surface area contributed by atoms with E-state index >= 15 is 0 Å². The van der Waals surface area contributed by atoms with Crippen LogP contribution in [0.15, 0.2) is 18.2 Å². The van der Waals surface area contributed by atoms with E-state index < -0.39 is 0 Å². The molecule has 0 fully saturated rings. The summed E-state index contributed by atoms with van der Waals surface area (Å²) >= 11 is 2.29. The Labute approximate surface area is 104 Å². The van der Waals surface area contributed by atoms with Gasteiger partial charge in [-0.15, -0.1) is 0 Å². The predicted molar refractivity (Wildman–Crippen MR) is 70.2 cm³/mol. The first-order valence-electron chi connectivity index (χ1n) is 5.09. The Kier molecular flexibility index (Phi) is 2.53. The highest BCUT2D eigenvalue weighted by atomic mass is 127. The van der Waals surface area contributed by atoms with Gasteiger partial charge in [-0.25, -0.2) is 0 Å². The van der Waals surface area contributed by atoms with Gasteiger partial charge in [-0.3, -0.25) is 4.79 Å². The van der Waals surface area contributed by atoms with Crippen molar-refractivity contribution in [3.63, 3.8) is 0 Å². The van der Waals surface area contributed by atoms with Crippen LogP contribution in [0.1, 0.15) is 25.8 Å². The second-order valence-electron chi connectivity index (χ2n) is 4.21. The number of rotatable bonds is 1. The third kappa shape index (κ3) is 1.40. The topological polar surface area (TPSA) is 20.3 Å². The lowest BCUT2D eigenvalue weighted by molar-refractivity contribution is -0.122. The molecule has 1 aliphatic rings. The minimum atomic E-state index is -0.328. The van der Waals surface area contributed by atoms with Gasteiger partial charge in [0.1, 0.15) is 0 Å². The first kappa shape index (κ1) is 10.9. The molecule has 80 valence electrons. The first-order chi connectivity index (χ1) is 7.00. The van der Waals surface area contributed by atoms with Crippen LogP contribution in [0, 0.1) is 3.57 Å². The molecule has 0 bridgehead atoms. The average molecular weight is 315 g/mol. The zero-order valence-corrected chi connectivity index (χ0v) is 11.3. The fourth-order valence-electron chi connectivity index (χ4n) is 2.18. The van der Waals surface area contributed by atoms with Crippen LogP contribution < -0.4 is 4.90 Å². The standard InChI is InChI=1S/C12H14INO/c1-4-12(2)9-7-8(13)5-6-10(9)14(3)11(12)15/h5-7H,4H2,1-3H3. The molecule has 1 aliphatic heterocycles. The number of hydrogen-bond donors (Lipinski definition) is 0. The molecule has 2 rings (SSSR count). The van der Waals surface area contributed by atoms with Gasteiger partial charge in [-0.1, -0.05) is 6.92 Å². The van der Waals surface area contributed by atoms with Gasteiger partial charge >= 0.3 is 0 Å².